The van der Waals surface area contributed by atoms with Gasteiger partial charge in [-0.2, -0.15) is 0 Å². The summed E-state index contributed by atoms with van der Waals surface area (Å²) in [6.45, 7) is 0. The molecule has 0 fully saturated rings. The van der Waals surface area contributed by atoms with Crippen LogP contribution in [0.5, 0.6) is 17.2 Å². The third-order valence-corrected chi connectivity index (χ3v) is 2.43. The van der Waals surface area contributed by atoms with Crippen LogP contribution in [0.2, 0.25) is 0 Å². The largest absolute Gasteiger partial charge is 0.496 e. The fraction of sp³-hybridized carbons (Fsp3) is 0.333. The molecular weight excluding hydrogens is 202 g/mol. The first-order chi connectivity index (χ1) is 6.76. The van der Waals surface area contributed by atoms with Gasteiger partial charge in [-0.3, -0.25) is 5.14 Å². The zero-order valence-corrected chi connectivity index (χ0v) is 9.18. The van der Waals surface area contributed by atoms with Crippen LogP contribution in [0.4, 0.5) is 0 Å². The van der Waals surface area contributed by atoms with Crippen molar-refractivity contribution < 1.29 is 14.2 Å². The van der Waals surface area contributed by atoms with Crippen molar-refractivity contribution in [2.45, 2.75) is 4.90 Å². The van der Waals surface area contributed by atoms with E-state index in [0.29, 0.717) is 17.2 Å². The van der Waals surface area contributed by atoms with E-state index < -0.39 is 0 Å². The predicted octanol–water partition coefficient (Wildman–Crippen LogP) is 1.68. The quantitative estimate of drug-likeness (QED) is 0.774. The van der Waals surface area contributed by atoms with Crippen molar-refractivity contribution in [1.82, 2.24) is 0 Å². The molecule has 4 nitrogen and oxygen atoms in total. The summed E-state index contributed by atoms with van der Waals surface area (Å²) in [5.41, 5.74) is 0. The van der Waals surface area contributed by atoms with Crippen molar-refractivity contribution in [2.75, 3.05) is 21.3 Å². The van der Waals surface area contributed by atoms with Crippen LogP contribution in [-0.4, -0.2) is 21.3 Å². The molecule has 0 aromatic heterocycles. The Labute approximate surface area is 87.5 Å². The van der Waals surface area contributed by atoms with Gasteiger partial charge in [0.05, 0.1) is 21.3 Å². The molecule has 14 heavy (non-hydrogen) atoms. The summed E-state index contributed by atoms with van der Waals surface area (Å²) >= 11 is 1.08. The molecule has 0 unspecified atom stereocenters. The van der Waals surface area contributed by atoms with Crippen LogP contribution in [-0.2, 0) is 0 Å². The minimum Gasteiger partial charge on any atom is -0.496 e. The average molecular weight is 215 g/mol. The van der Waals surface area contributed by atoms with Crippen LogP contribution in [0.25, 0.3) is 0 Å². The third kappa shape index (κ3) is 2.05. The standard InChI is InChI=1S/C9H13NO3S/c1-11-6-4-7(12-2)9(14-10)8(5-6)13-3/h4-5H,10H2,1-3H3. The van der Waals surface area contributed by atoms with Crippen molar-refractivity contribution in [3.8, 4) is 17.2 Å². The van der Waals surface area contributed by atoms with Crippen LogP contribution in [0.15, 0.2) is 17.0 Å². The van der Waals surface area contributed by atoms with E-state index in [4.69, 9.17) is 19.3 Å². The van der Waals surface area contributed by atoms with Crippen LogP contribution in [0.3, 0.4) is 0 Å². The number of nitrogens with two attached hydrogens (primary N) is 1. The van der Waals surface area contributed by atoms with Gasteiger partial charge in [0.25, 0.3) is 0 Å². The average Bonchev–Trinajstić information content (AvgIpc) is 2.26. The second kappa shape index (κ2) is 4.97. The molecule has 0 bridgehead atoms. The molecule has 0 radical (unpaired) electrons. The Morgan fingerprint density at radius 3 is 1.79 bits per heavy atom. The monoisotopic (exact) mass is 215 g/mol. The molecular formula is C9H13NO3S. The van der Waals surface area contributed by atoms with Crippen molar-refractivity contribution in [3.05, 3.63) is 12.1 Å². The van der Waals surface area contributed by atoms with Gasteiger partial charge in [-0.05, 0) is 11.9 Å². The van der Waals surface area contributed by atoms with E-state index in [2.05, 4.69) is 0 Å². The van der Waals surface area contributed by atoms with Crippen molar-refractivity contribution in [2.24, 2.45) is 5.14 Å². The zero-order valence-electron chi connectivity index (χ0n) is 8.37. The molecule has 0 atom stereocenters. The Morgan fingerprint density at radius 2 is 1.50 bits per heavy atom. The second-order valence-electron chi connectivity index (χ2n) is 2.48. The van der Waals surface area contributed by atoms with Gasteiger partial charge in [-0.1, -0.05) is 0 Å². The van der Waals surface area contributed by atoms with Gasteiger partial charge in [0.2, 0.25) is 0 Å². The summed E-state index contributed by atoms with van der Waals surface area (Å²) in [5.74, 6) is 1.97. The van der Waals surface area contributed by atoms with Gasteiger partial charge in [0.15, 0.2) is 0 Å². The Bertz CT molecular complexity index is 292. The van der Waals surface area contributed by atoms with Crippen molar-refractivity contribution in [1.29, 1.82) is 0 Å². The topological polar surface area (TPSA) is 53.7 Å². The normalized spacial score (nSPS) is 9.71. The molecule has 0 saturated heterocycles. The van der Waals surface area contributed by atoms with E-state index in [1.807, 2.05) is 0 Å². The van der Waals surface area contributed by atoms with E-state index in [0.717, 1.165) is 16.8 Å². The molecule has 0 aliphatic carbocycles. The van der Waals surface area contributed by atoms with Gasteiger partial charge in [0.1, 0.15) is 22.1 Å². The molecule has 5 heteroatoms. The number of hydrogen-bond acceptors (Lipinski definition) is 5. The van der Waals surface area contributed by atoms with E-state index in [1.54, 1.807) is 33.5 Å². The number of ether oxygens (including phenoxy) is 3. The first-order valence-corrected chi connectivity index (χ1v) is 4.81. The highest BCUT2D eigenvalue weighted by atomic mass is 32.2. The SMILES string of the molecule is COc1cc(OC)c(SN)c(OC)c1. The molecule has 78 valence electrons. The number of methoxy groups -OCH3 is 3. The first-order valence-electron chi connectivity index (χ1n) is 3.93. The zero-order chi connectivity index (χ0) is 10.6. The van der Waals surface area contributed by atoms with Crippen LogP contribution < -0.4 is 19.3 Å². The summed E-state index contributed by atoms with van der Waals surface area (Å²) in [6.07, 6.45) is 0. The molecule has 1 aromatic rings. The van der Waals surface area contributed by atoms with E-state index in [1.165, 1.54) is 0 Å². The Morgan fingerprint density at radius 1 is 1.00 bits per heavy atom. The van der Waals surface area contributed by atoms with Crippen LogP contribution >= 0.6 is 11.9 Å². The molecule has 0 saturated carbocycles. The lowest BCUT2D eigenvalue weighted by atomic mass is 10.3. The smallest absolute Gasteiger partial charge is 0.141 e. The molecule has 0 aliphatic heterocycles. The predicted molar refractivity (Wildman–Crippen MR) is 56.1 cm³/mol. The van der Waals surface area contributed by atoms with Gasteiger partial charge in [-0.25, -0.2) is 0 Å². The number of benzene rings is 1. The first kappa shape index (κ1) is 11.0. The molecule has 0 amide bonds. The lowest BCUT2D eigenvalue weighted by molar-refractivity contribution is 0.361. The van der Waals surface area contributed by atoms with E-state index in [-0.39, 0.29) is 0 Å². The minimum absolute atomic E-state index is 0.647. The lowest BCUT2D eigenvalue weighted by Crippen LogP contribution is -1.95. The van der Waals surface area contributed by atoms with Crippen LogP contribution in [0.1, 0.15) is 0 Å². The fourth-order valence-electron chi connectivity index (χ4n) is 1.09. The van der Waals surface area contributed by atoms with Gasteiger partial charge in [0, 0.05) is 12.1 Å². The maximum Gasteiger partial charge on any atom is 0.141 e. The maximum absolute atomic E-state index is 5.51. The van der Waals surface area contributed by atoms with E-state index >= 15 is 0 Å². The summed E-state index contributed by atoms with van der Waals surface area (Å²) in [4.78, 5) is 0.760. The van der Waals surface area contributed by atoms with Crippen molar-refractivity contribution >= 4 is 11.9 Å². The molecule has 0 aliphatic rings. The van der Waals surface area contributed by atoms with Gasteiger partial charge < -0.3 is 14.2 Å². The van der Waals surface area contributed by atoms with Crippen LogP contribution in [0, 0.1) is 0 Å². The fourth-order valence-corrected chi connectivity index (χ4v) is 1.61. The summed E-state index contributed by atoms with van der Waals surface area (Å²) in [7, 11) is 4.74. The second-order valence-corrected chi connectivity index (χ2v) is 3.12. The Balaban J connectivity index is 3.24. The number of rotatable bonds is 4. The molecule has 0 heterocycles. The molecule has 2 N–H and O–H groups in total. The van der Waals surface area contributed by atoms with Gasteiger partial charge >= 0.3 is 0 Å². The molecule has 1 aromatic carbocycles. The van der Waals surface area contributed by atoms with Gasteiger partial charge in [-0.15, -0.1) is 0 Å². The summed E-state index contributed by atoms with van der Waals surface area (Å²) in [5, 5.41) is 5.51. The Hall–Kier alpha value is -1.07. The highest BCUT2D eigenvalue weighted by molar-refractivity contribution is 7.97. The highest BCUT2D eigenvalue weighted by Gasteiger charge is 2.12. The summed E-state index contributed by atoms with van der Waals surface area (Å²) in [6, 6.07) is 3.52. The van der Waals surface area contributed by atoms with E-state index in [9.17, 15) is 0 Å². The molecule has 1 rings (SSSR count). The lowest BCUT2D eigenvalue weighted by Gasteiger charge is -2.12. The van der Waals surface area contributed by atoms with Crippen molar-refractivity contribution in [3.63, 3.8) is 0 Å². The minimum atomic E-state index is 0.647. The molecule has 0 spiro atoms. The number of hydrogen-bond donors (Lipinski definition) is 1. The summed E-state index contributed by atoms with van der Waals surface area (Å²) < 4.78 is 15.4. The Kier molecular flexibility index (Phi) is 3.91. The third-order valence-electron chi connectivity index (χ3n) is 1.79. The highest BCUT2D eigenvalue weighted by Crippen LogP contribution is 2.38. The maximum atomic E-state index is 5.51.